The number of amides is 2. The molecule has 4 heterocycles. The summed E-state index contributed by atoms with van der Waals surface area (Å²) in [6, 6.07) is 5.33. The molecule has 9 nitrogen and oxygen atoms in total. The number of hydrogen-bond donors (Lipinski definition) is 2. The minimum Gasteiger partial charge on any atom is -0.333 e. The van der Waals surface area contributed by atoms with E-state index in [2.05, 4.69) is 30.8 Å². The zero-order valence-electron chi connectivity index (χ0n) is 12.8. The molecule has 0 radical (unpaired) electrons. The molecule has 0 aromatic carbocycles. The van der Waals surface area contributed by atoms with E-state index >= 15 is 0 Å². The summed E-state index contributed by atoms with van der Waals surface area (Å²) in [5.74, 6) is 1.65. The molecule has 9 heteroatoms. The van der Waals surface area contributed by atoms with Gasteiger partial charge in [0.1, 0.15) is 12.2 Å². The summed E-state index contributed by atoms with van der Waals surface area (Å²) in [5.41, 5.74) is 0.607. The topological polar surface area (TPSA) is 103 Å². The normalized spacial score (nSPS) is 16.4. The first kappa shape index (κ1) is 14.4. The molecule has 0 bridgehead atoms. The van der Waals surface area contributed by atoms with Crippen molar-refractivity contribution in [2.75, 3.05) is 5.32 Å². The lowest BCUT2D eigenvalue weighted by Gasteiger charge is -2.23. The van der Waals surface area contributed by atoms with Crippen molar-refractivity contribution in [1.82, 2.24) is 34.8 Å². The van der Waals surface area contributed by atoms with Crippen LogP contribution in [0.5, 0.6) is 0 Å². The average Bonchev–Trinajstić information content (AvgIpc) is 3.24. The lowest BCUT2D eigenvalue weighted by atomic mass is 10.1. The summed E-state index contributed by atoms with van der Waals surface area (Å²) in [7, 11) is 0. The Balaban J connectivity index is 1.36. The minimum atomic E-state index is -0.260. The summed E-state index contributed by atoms with van der Waals surface area (Å²) < 4.78 is 3.44. The maximum absolute atomic E-state index is 12.2. The van der Waals surface area contributed by atoms with Gasteiger partial charge in [-0.2, -0.15) is 10.2 Å². The third kappa shape index (κ3) is 2.96. The van der Waals surface area contributed by atoms with E-state index in [-0.39, 0.29) is 12.1 Å². The van der Waals surface area contributed by atoms with Gasteiger partial charge in [0, 0.05) is 12.6 Å². The number of rotatable bonds is 3. The third-order valence-corrected chi connectivity index (χ3v) is 3.87. The number of nitrogens with one attached hydrogen (secondary N) is 2. The van der Waals surface area contributed by atoms with Crippen LogP contribution in [0.3, 0.4) is 0 Å². The number of fused-ring (bicyclic) bond motifs is 1. The minimum absolute atomic E-state index is 0.0324. The van der Waals surface area contributed by atoms with Crippen LogP contribution in [0.25, 0.3) is 5.82 Å². The Kier molecular flexibility index (Phi) is 3.66. The second-order valence-electron chi connectivity index (χ2n) is 5.55. The summed E-state index contributed by atoms with van der Waals surface area (Å²) >= 11 is 0. The first-order valence-corrected chi connectivity index (χ1v) is 7.68. The number of pyridine rings is 1. The Labute approximate surface area is 137 Å². The number of nitrogens with zero attached hydrogens (tertiary/aromatic N) is 6. The molecule has 0 spiro atoms. The van der Waals surface area contributed by atoms with Crippen molar-refractivity contribution in [1.29, 1.82) is 0 Å². The van der Waals surface area contributed by atoms with Gasteiger partial charge in [-0.15, -0.1) is 0 Å². The van der Waals surface area contributed by atoms with Crippen molar-refractivity contribution >= 4 is 11.7 Å². The molecule has 24 heavy (non-hydrogen) atoms. The van der Waals surface area contributed by atoms with Crippen LogP contribution in [-0.2, 0) is 13.0 Å². The van der Waals surface area contributed by atoms with E-state index in [1.165, 1.54) is 0 Å². The van der Waals surface area contributed by atoms with E-state index in [1.54, 1.807) is 29.6 Å². The zero-order valence-corrected chi connectivity index (χ0v) is 12.8. The first-order chi connectivity index (χ1) is 11.8. The first-order valence-electron chi connectivity index (χ1n) is 7.68. The highest BCUT2D eigenvalue weighted by atomic mass is 16.2. The molecule has 3 aromatic rings. The second-order valence-corrected chi connectivity index (χ2v) is 5.55. The van der Waals surface area contributed by atoms with Crippen LogP contribution in [0.2, 0.25) is 0 Å². The van der Waals surface area contributed by atoms with E-state index < -0.39 is 0 Å². The number of aromatic nitrogens is 6. The number of aryl methyl sites for hydroxylation is 1. The fourth-order valence-corrected chi connectivity index (χ4v) is 2.71. The molecule has 2 N–H and O–H groups in total. The lowest BCUT2D eigenvalue weighted by molar-refractivity contribution is 0.243. The highest BCUT2D eigenvalue weighted by Crippen LogP contribution is 2.12. The Bertz CT molecular complexity index is 840. The van der Waals surface area contributed by atoms with Crippen LogP contribution >= 0.6 is 0 Å². The Morgan fingerprint density at radius 3 is 3.08 bits per heavy atom. The van der Waals surface area contributed by atoms with E-state index in [0.29, 0.717) is 18.1 Å². The molecule has 2 amide bonds. The van der Waals surface area contributed by atoms with Crippen molar-refractivity contribution in [3.05, 3.63) is 48.9 Å². The van der Waals surface area contributed by atoms with Crippen LogP contribution in [0.1, 0.15) is 12.2 Å². The summed E-state index contributed by atoms with van der Waals surface area (Å²) in [5, 5.41) is 14.1. The van der Waals surface area contributed by atoms with Gasteiger partial charge in [0.15, 0.2) is 5.82 Å². The van der Waals surface area contributed by atoms with Crippen molar-refractivity contribution in [3.63, 3.8) is 0 Å². The number of hydrogen-bond acceptors (Lipinski definition) is 5. The fourth-order valence-electron chi connectivity index (χ4n) is 2.71. The molecule has 0 fully saturated rings. The molecule has 4 rings (SSSR count). The van der Waals surface area contributed by atoms with Gasteiger partial charge in [-0.25, -0.2) is 24.1 Å². The van der Waals surface area contributed by atoms with E-state index in [4.69, 9.17) is 0 Å². The highest BCUT2D eigenvalue weighted by Gasteiger charge is 2.21. The van der Waals surface area contributed by atoms with Crippen LogP contribution in [0.15, 0.2) is 43.1 Å². The molecular formula is C15H16N8O. The molecule has 0 aliphatic carbocycles. The van der Waals surface area contributed by atoms with Gasteiger partial charge in [-0.3, -0.25) is 0 Å². The molecule has 1 aliphatic rings. The molecule has 1 atom stereocenters. The molecule has 1 aliphatic heterocycles. The lowest BCUT2D eigenvalue weighted by Crippen LogP contribution is -2.43. The Morgan fingerprint density at radius 2 is 2.21 bits per heavy atom. The van der Waals surface area contributed by atoms with Gasteiger partial charge in [0.25, 0.3) is 0 Å². The third-order valence-electron chi connectivity index (χ3n) is 3.87. The molecule has 0 saturated heterocycles. The van der Waals surface area contributed by atoms with Crippen molar-refractivity contribution < 1.29 is 4.79 Å². The van der Waals surface area contributed by atoms with Gasteiger partial charge < -0.3 is 10.6 Å². The Morgan fingerprint density at radius 1 is 1.25 bits per heavy atom. The molecule has 0 saturated carbocycles. The fraction of sp³-hybridized carbons (Fsp3) is 0.267. The van der Waals surface area contributed by atoms with Crippen molar-refractivity contribution in [2.24, 2.45) is 0 Å². The second kappa shape index (κ2) is 6.11. The predicted molar refractivity (Wildman–Crippen MR) is 85.6 cm³/mol. The van der Waals surface area contributed by atoms with Crippen LogP contribution in [-0.4, -0.2) is 41.6 Å². The molecule has 0 unspecified atom stereocenters. The van der Waals surface area contributed by atoms with Crippen molar-refractivity contribution in [3.8, 4) is 5.82 Å². The van der Waals surface area contributed by atoms with Crippen LogP contribution in [0, 0.1) is 0 Å². The monoisotopic (exact) mass is 324 g/mol. The van der Waals surface area contributed by atoms with Crippen LogP contribution < -0.4 is 10.6 Å². The Hall–Kier alpha value is -3.23. The smallest absolute Gasteiger partial charge is 0.319 e. The van der Waals surface area contributed by atoms with E-state index in [1.807, 2.05) is 22.9 Å². The van der Waals surface area contributed by atoms with Gasteiger partial charge in [0.2, 0.25) is 0 Å². The quantitative estimate of drug-likeness (QED) is 0.748. The molecule has 122 valence electrons. The summed E-state index contributed by atoms with van der Waals surface area (Å²) in [6.45, 7) is 0.635. The maximum Gasteiger partial charge on any atom is 0.319 e. The van der Waals surface area contributed by atoms with Crippen molar-refractivity contribution in [2.45, 2.75) is 25.4 Å². The van der Waals surface area contributed by atoms with Gasteiger partial charge in [-0.05, 0) is 18.6 Å². The number of carbonyl (C=O) groups excluding carboxylic acids is 1. The number of carbonyl (C=O) groups is 1. The standard InChI is InChI=1S/C15H16N8O/c24-15(20-11-4-5-14-17-10-19-23(14)8-11)21-12-7-18-22(9-12)13-3-1-2-6-16-13/h1-3,6-7,9-11H,4-5,8H2,(H2,20,21,24)/t11-/m1/s1. The maximum atomic E-state index is 12.2. The number of urea groups is 1. The van der Waals surface area contributed by atoms with Gasteiger partial charge in [-0.1, -0.05) is 6.07 Å². The van der Waals surface area contributed by atoms with E-state index in [9.17, 15) is 4.79 Å². The number of anilines is 1. The summed E-state index contributed by atoms with van der Waals surface area (Å²) in [4.78, 5) is 20.5. The van der Waals surface area contributed by atoms with Gasteiger partial charge >= 0.3 is 6.03 Å². The largest absolute Gasteiger partial charge is 0.333 e. The predicted octanol–water partition coefficient (Wildman–Crippen LogP) is 0.995. The highest BCUT2D eigenvalue weighted by molar-refractivity contribution is 5.89. The molecule has 3 aromatic heterocycles. The van der Waals surface area contributed by atoms with Crippen LogP contribution in [0.4, 0.5) is 10.5 Å². The zero-order chi connectivity index (χ0) is 16.4. The SMILES string of the molecule is O=C(Nc1cnn(-c2ccccn2)c1)N[C@@H]1CCc2ncnn2C1. The summed E-state index contributed by atoms with van der Waals surface area (Å²) in [6.07, 6.45) is 8.20. The average molecular weight is 324 g/mol. The molecular weight excluding hydrogens is 308 g/mol. The van der Waals surface area contributed by atoms with Gasteiger partial charge in [0.05, 0.1) is 30.7 Å². The van der Waals surface area contributed by atoms with E-state index in [0.717, 1.165) is 18.7 Å².